The summed E-state index contributed by atoms with van der Waals surface area (Å²) in [6, 6.07) is 17.1. The second-order valence-corrected chi connectivity index (χ2v) is 8.52. The van der Waals surface area contributed by atoms with E-state index in [2.05, 4.69) is 22.3 Å². The van der Waals surface area contributed by atoms with E-state index in [1.54, 1.807) is 24.3 Å². The van der Waals surface area contributed by atoms with Crippen LogP contribution in [0.3, 0.4) is 0 Å². The molecule has 0 aromatic heterocycles. The predicted octanol–water partition coefficient (Wildman–Crippen LogP) is 3.48. The average Bonchev–Trinajstić information content (AvgIpc) is 2.84. The summed E-state index contributed by atoms with van der Waals surface area (Å²) in [5, 5.41) is 12.3. The van der Waals surface area contributed by atoms with Crippen LogP contribution in [0.15, 0.2) is 54.6 Å². The first-order chi connectivity index (χ1) is 15.5. The van der Waals surface area contributed by atoms with Crippen molar-refractivity contribution < 1.29 is 19.5 Å². The maximum absolute atomic E-state index is 13.0. The Hall–Kier alpha value is -3.35. The Labute approximate surface area is 188 Å². The first-order valence-corrected chi connectivity index (χ1v) is 11.3. The molecule has 1 saturated carbocycles. The Morgan fingerprint density at radius 2 is 1.53 bits per heavy atom. The molecule has 1 saturated heterocycles. The van der Waals surface area contributed by atoms with Crippen molar-refractivity contribution >= 4 is 29.2 Å². The van der Waals surface area contributed by atoms with E-state index in [-0.39, 0.29) is 11.8 Å². The van der Waals surface area contributed by atoms with Crippen LogP contribution < -0.4 is 10.2 Å². The molecule has 1 heterocycles. The molecule has 7 heteroatoms. The highest BCUT2D eigenvalue weighted by Gasteiger charge is 2.35. The van der Waals surface area contributed by atoms with Gasteiger partial charge in [-0.3, -0.25) is 14.4 Å². The number of benzene rings is 2. The van der Waals surface area contributed by atoms with E-state index in [1.807, 2.05) is 23.1 Å². The standard InChI is InChI=1S/C25H29N3O4/c29-23(21-11-4-5-12-22(21)25(31)32)26-19-8-6-7-18(17-19)24(30)28-15-13-27(14-16-28)20-9-2-1-3-10-20/h1-3,6-10,17,21-22H,4-5,11-16H2,(H,26,29)(H,31,32)/t21-,22+/m0/s1. The van der Waals surface area contributed by atoms with E-state index in [4.69, 9.17) is 0 Å². The Morgan fingerprint density at radius 3 is 2.22 bits per heavy atom. The van der Waals surface area contributed by atoms with Gasteiger partial charge in [-0.15, -0.1) is 0 Å². The molecule has 0 spiro atoms. The second kappa shape index (κ2) is 9.85. The fraction of sp³-hybridized carbons (Fsp3) is 0.400. The summed E-state index contributed by atoms with van der Waals surface area (Å²) in [6.45, 7) is 2.80. The van der Waals surface area contributed by atoms with Crippen molar-refractivity contribution in [3.63, 3.8) is 0 Å². The fourth-order valence-corrected chi connectivity index (χ4v) is 4.69. The number of nitrogens with one attached hydrogen (secondary N) is 1. The maximum atomic E-state index is 13.0. The van der Waals surface area contributed by atoms with Gasteiger partial charge < -0.3 is 20.2 Å². The number of carboxylic acids is 1. The number of hydrogen-bond donors (Lipinski definition) is 2. The lowest BCUT2D eigenvalue weighted by Gasteiger charge is -2.36. The molecule has 2 fully saturated rings. The van der Waals surface area contributed by atoms with Gasteiger partial charge in [-0.2, -0.15) is 0 Å². The second-order valence-electron chi connectivity index (χ2n) is 8.52. The van der Waals surface area contributed by atoms with Gasteiger partial charge in [-0.1, -0.05) is 37.1 Å². The number of anilines is 2. The van der Waals surface area contributed by atoms with Gasteiger partial charge in [-0.05, 0) is 43.2 Å². The van der Waals surface area contributed by atoms with Crippen LogP contribution in [0.2, 0.25) is 0 Å². The van der Waals surface area contributed by atoms with E-state index in [9.17, 15) is 19.5 Å². The number of carbonyl (C=O) groups is 3. The fourth-order valence-electron chi connectivity index (χ4n) is 4.69. The summed E-state index contributed by atoms with van der Waals surface area (Å²) >= 11 is 0. The van der Waals surface area contributed by atoms with Crippen LogP contribution in [0.4, 0.5) is 11.4 Å². The maximum Gasteiger partial charge on any atom is 0.307 e. The molecule has 2 aliphatic rings. The lowest BCUT2D eigenvalue weighted by Crippen LogP contribution is -2.48. The minimum absolute atomic E-state index is 0.0603. The SMILES string of the molecule is O=C(Nc1cccc(C(=O)N2CCN(c3ccccc3)CC2)c1)[C@H]1CCCC[C@H]1C(=O)O. The number of nitrogens with zero attached hydrogens (tertiary/aromatic N) is 2. The van der Waals surface area contributed by atoms with Crippen LogP contribution >= 0.6 is 0 Å². The van der Waals surface area contributed by atoms with Crippen LogP contribution in [0.5, 0.6) is 0 Å². The Balaban J connectivity index is 1.38. The van der Waals surface area contributed by atoms with Crippen LogP contribution in [0.1, 0.15) is 36.0 Å². The normalized spacial score (nSPS) is 21.1. The van der Waals surface area contributed by atoms with E-state index < -0.39 is 17.8 Å². The molecule has 2 atom stereocenters. The number of hydrogen-bond acceptors (Lipinski definition) is 4. The van der Waals surface area contributed by atoms with E-state index >= 15 is 0 Å². The zero-order chi connectivity index (χ0) is 22.5. The Bertz CT molecular complexity index is 970. The third-order valence-corrected chi connectivity index (χ3v) is 6.49. The van der Waals surface area contributed by atoms with Gasteiger partial charge in [0, 0.05) is 43.1 Å². The molecule has 4 rings (SSSR count). The molecular formula is C25H29N3O4. The highest BCUT2D eigenvalue weighted by Crippen LogP contribution is 2.31. The first-order valence-electron chi connectivity index (χ1n) is 11.3. The molecule has 7 nitrogen and oxygen atoms in total. The van der Waals surface area contributed by atoms with Crippen LogP contribution in [-0.2, 0) is 9.59 Å². The van der Waals surface area contributed by atoms with Crippen molar-refractivity contribution in [3.05, 3.63) is 60.2 Å². The molecule has 2 aromatic carbocycles. The molecule has 1 aliphatic heterocycles. The number of aliphatic carboxylic acids is 1. The largest absolute Gasteiger partial charge is 0.481 e. The lowest BCUT2D eigenvalue weighted by molar-refractivity contribution is -0.147. The third kappa shape index (κ3) is 4.93. The molecule has 2 aromatic rings. The molecule has 0 radical (unpaired) electrons. The van der Waals surface area contributed by atoms with Gasteiger partial charge in [0.15, 0.2) is 0 Å². The monoisotopic (exact) mass is 435 g/mol. The van der Waals surface area contributed by atoms with Gasteiger partial charge in [-0.25, -0.2) is 0 Å². The summed E-state index contributed by atoms with van der Waals surface area (Å²) in [4.78, 5) is 41.4. The molecule has 2 amide bonds. The topological polar surface area (TPSA) is 90.0 Å². The summed E-state index contributed by atoms with van der Waals surface area (Å²) in [5.74, 6) is -2.43. The molecule has 0 unspecified atom stereocenters. The zero-order valence-electron chi connectivity index (χ0n) is 18.1. The van der Waals surface area contributed by atoms with E-state index in [0.29, 0.717) is 37.2 Å². The zero-order valence-corrected chi connectivity index (χ0v) is 18.1. The number of carbonyl (C=O) groups excluding carboxylic acids is 2. The van der Waals surface area contributed by atoms with Crippen molar-refractivity contribution in [2.24, 2.45) is 11.8 Å². The van der Waals surface area contributed by atoms with Crippen molar-refractivity contribution in [1.29, 1.82) is 0 Å². The van der Waals surface area contributed by atoms with Gasteiger partial charge in [0.2, 0.25) is 5.91 Å². The Morgan fingerprint density at radius 1 is 0.844 bits per heavy atom. The molecule has 1 aliphatic carbocycles. The molecule has 32 heavy (non-hydrogen) atoms. The quantitative estimate of drug-likeness (QED) is 0.751. The number of rotatable bonds is 5. The summed E-state index contributed by atoms with van der Waals surface area (Å²) in [6.07, 6.45) is 2.80. The minimum atomic E-state index is -0.913. The van der Waals surface area contributed by atoms with E-state index in [0.717, 1.165) is 31.6 Å². The average molecular weight is 436 g/mol. The van der Waals surface area contributed by atoms with Gasteiger partial charge in [0.25, 0.3) is 5.91 Å². The predicted molar refractivity (Wildman–Crippen MR) is 123 cm³/mol. The number of para-hydroxylation sites is 1. The summed E-state index contributed by atoms with van der Waals surface area (Å²) in [5.41, 5.74) is 2.21. The molecule has 168 valence electrons. The number of carboxylic acid groups (broad SMARTS) is 1. The molecular weight excluding hydrogens is 406 g/mol. The van der Waals surface area contributed by atoms with Gasteiger partial charge in [0.05, 0.1) is 11.8 Å². The summed E-state index contributed by atoms with van der Waals surface area (Å²) in [7, 11) is 0. The van der Waals surface area contributed by atoms with E-state index in [1.165, 1.54) is 0 Å². The smallest absolute Gasteiger partial charge is 0.307 e. The van der Waals surface area contributed by atoms with Crippen molar-refractivity contribution in [1.82, 2.24) is 4.90 Å². The molecule has 2 N–H and O–H groups in total. The van der Waals surface area contributed by atoms with Crippen molar-refractivity contribution in [2.75, 3.05) is 36.4 Å². The summed E-state index contributed by atoms with van der Waals surface area (Å²) < 4.78 is 0. The van der Waals surface area contributed by atoms with Crippen LogP contribution in [-0.4, -0.2) is 54.0 Å². The van der Waals surface area contributed by atoms with Crippen LogP contribution in [0, 0.1) is 11.8 Å². The molecule has 0 bridgehead atoms. The Kier molecular flexibility index (Phi) is 6.73. The lowest BCUT2D eigenvalue weighted by atomic mass is 9.78. The van der Waals surface area contributed by atoms with Gasteiger partial charge in [0.1, 0.15) is 0 Å². The van der Waals surface area contributed by atoms with Gasteiger partial charge >= 0.3 is 5.97 Å². The van der Waals surface area contributed by atoms with Crippen LogP contribution in [0.25, 0.3) is 0 Å². The number of amides is 2. The van der Waals surface area contributed by atoms with Crippen molar-refractivity contribution in [3.8, 4) is 0 Å². The number of piperazine rings is 1. The third-order valence-electron chi connectivity index (χ3n) is 6.49. The first kappa shape index (κ1) is 21.9. The van der Waals surface area contributed by atoms with Crippen molar-refractivity contribution in [2.45, 2.75) is 25.7 Å². The highest BCUT2D eigenvalue weighted by atomic mass is 16.4. The highest BCUT2D eigenvalue weighted by molar-refractivity contribution is 5.98. The minimum Gasteiger partial charge on any atom is -0.481 e.